The molecule has 0 N–H and O–H groups in total. The van der Waals surface area contributed by atoms with E-state index in [-0.39, 0.29) is 12.5 Å². The molecular weight excluding hydrogens is 302 g/mol. The maximum absolute atomic E-state index is 12.9. The van der Waals surface area contributed by atoms with Gasteiger partial charge < -0.3 is 9.64 Å². The maximum atomic E-state index is 12.9. The number of carbonyl (C=O) groups is 2. The molecule has 126 valence electrons. The highest BCUT2D eigenvalue weighted by Gasteiger charge is 2.21. The molecule has 0 atom stereocenters. The third-order valence-corrected chi connectivity index (χ3v) is 3.74. The molecule has 0 saturated carbocycles. The summed E-state index contributed by atoms with van der Waals surface area (Å²) in [5, 5.41) is 0. The van der Waals surface area contributed by atoms with E-state index in [2.05, 4.69) is 0 Å². The summed E-state index contributed by atoms with van der Waals surface area (Å²) >= 11 is 0. The van der Waals surface area contributed by atoms with Gasteiger partial charge in [0.2, 0.25) is 0 Å². The number of benzene rings is 2. The van der Waals surface area contributed by atoms with Crippen LogP contribution in [0.2, 0.25) is 0 Å². The van der Waals surface area contributed by atoms with E-state index < -0.39 is 5.97 Å². The first-order chi connectivity index (χ1) is 11.5. The Balaban J connectivity index is 2.26. The van der Waals surface area contributed by atoms with Crippen LogP contribution in [0.25, 0.3) is 0 Å². The second-order valence-corrected chi connectivity index (χ2v) is 5.77. The number of hydrogen-bond acceptors (Lipinski definition) is 3. The summed E-state index contributed by atoms with van der Waals surface area (Å²) < 4.78 is 5.01. The van der Waals surface area contributed by atoms with Crippen LogP contribution in [-0.2, 0) is 16.1 Å². The fraction of sp³-hybridized carbons (Fsp3) is 0.300. The van der Waals surface area contributed by atoms with E-state index in [0.29, 0.717) is 18.7 Å². The van der Waals surface area contributed by atoms with Gasteiger partial charge in [-0.1, -0.05) is 48.0 Å². The molecule has 0 heterocycles. The number of amides is 1. The molecule has 4 heteroatoms. The van der Waals surface area contributed by atoms with Gasteiger partial charge in [0.05, 0.1) is 6.61 Å². The summed E-state index contributed by atoms with van der Waals surface area (Å²) in [6, 6.07) is 15.3. The lowest BCUT2D eigenvalue weighted by Gasteiger charge is -2.23. The van der Waals surface area contributed by atoms with Gasteiger partial charge in [-0.25, -0.2) is 0 Å². The Morgan fingerprint density at radius 1 is 1.04 bits per heavy atom. The SMILES string of the molecule is CCOC(=O)CN(Cc1ccccc1)C(=O)c1ccc(C)cc1C. The van der Waals surface area contributed by atoms with Crippen LogP contribution in [-0.4, -0.2) is 29.9 Å². The zero-order valence-electron chi connectivity index (χ0n) is 14.4. The molecule has 2 aromatic carbocycles. The van der Waals surface area contributed by atoms with Gasteiger partial charge in [-0.15, -0.1) is 0 Å². The molecule has 0 saturated heterocycles. The van der Waals surface area contributed by atoms with E-state index >= 15 is 0 Å². The lowest BCUT2D eigenvalue weighted by molar-refractivity contribution is -0.143. The molecule has 0 unspecified atom stereocenters. The molecule has 0 aliphatic heterocycles. The van der Waals surface area contributed by atoms with Crippen LogP contribution in [0.5, 0.6) is 0 Å². The Morgan fingerprint density at radius 2 is 1.75 bits per heavy atom. The predicted octanol–water partition coefficient (Wildman–Crippen LogP) is 3.51. The van der Waals surface area contributed by atoms with Crippen molar-refractivity contribution in [2.75, 3.05) is 13.2 Å². The van der Waals surface area contributed by atoms with Crippen molar-refractivity contribution >= 4 is 11.9 Å². The number of ether oxygens (including phenoxy) is 1. The van der Waals surface area contributed by atoms with Crippen molar-refractivity contribution in [3.8, 4) is 0 Å². The molecule has 24 heavy (non-hydrogen) atoms. The molecule has 0 bridgehead atoms. The third-order valence-electron chi connectivity index (χ3n) is 3.74. The Bertz CT molecular complexity index is 710. The van der Waals surface area contributed by atoms with E-state index in [1.54, 1.807) is 6.92 Å². The molecule has 1 amide bonds. The van der Waals surface area contributed by atoms with Crippen LogP contribution in [0, 0.1) is 13.8 Å². The first-order valence-corrected chi connectivity index (χ1v) is 8.07. The molecule has 0 spiro atoms. The quantitative estimate of drug-likeness (QED) is 0.764. The van der Waals surface area contributed by atoms with Crippen molar-refractivity contribution in [3.63, 3.8) is 0 Å². The van der Waals surface area contributed by atoms with Gasteiger partial charge in [0, 0.05) is 12.1 Å². The van der Waals surface area contributed by atoms with Gasteiger partial charge in [-0.3, -0.25) is 9.59 Å². The molecule has 0 aliphatic rings. The highest BCUT2D eigenvalue weighted by Crippen LogP contribution is 2.15. The summed E-state index contributed by atoms with van der Waals surface area (Å²) in [7, 11) is 0. The Kier molecular flexibility index (Phi) is 6.13. The van der Waals surface area contributed by atoms with Crippen molar-refractivity contribution in [2.45, 2.75) is 27.3 Å². The first kappa shape index (κ1) is 17.7. The lowest BCUT2D eigenvalue weighted by Crippen LogP contribution is -2.36. The van der Waals surface area contributed by atoms with Crippen molar-refractivity contribution in [1.82, 2.24) is 4.90 Å². The Morgan fingerprint density at radius 3 is 2.38 bits per heavy atom. The number of carbonyl (C=O) groups excluding carboxylic acids is 2. The summed E-state index contributed by atoms with van der Waals surface area (Å²) in [4.78, 5) is 26.4. The topological polar surface area (TPSA) is 46.6 Å². The minimum absolute atomic E-state index is 0.0606. The van der Waals surface area contributed by atoms with Crippen LogP contribution in [0.1, 0.15) is 34.0 Å². The standard InChI is InChI=1S/C20H23NO3/c1-4-24-19(22)14-21(13-17-8-6-5-7-9-17)20(23)18-11-10-15(2)12-16(18)3/h5-12H,4,13-14H2,1-3H3. The van der Waals surface area contributed by atoms with E-state index in [0.717, 1.165) is 16.7 Å². The predicted molar refractivity (Wildman–Crippen MR) is 93.7 cm³/mol. The molecule has 0 fully saturated rings. The minimum Gasteiger partial charge on any atom is -0.465 e. The lowest BCUT2D eigenvalue weighted by atomic mass is 10.0. The van der Waals surface area contributed by atoms with Crippen LogP contribution in [0.15, 0.2) is 48.5 Å². The van der Waals surface area contributed by atoms with Gasteiger partial charge in [0.15, 0.2) is 0 Å². The molecular formula is C20H23NO3. The van der Waals surface area contributed by atoms with E-state index in [9.17, 15) is 9.59 Å². The summed E-state index contributed by atoms with van der Waals surface area (Å²) in [6.45, 7) is 6.26. The van der Waals surface area contributed by atoms with Crippen LogP contribution in [0.3, 0.4) is 0 Å². The molecule has 4 nitrogen and oxygen atoms in total. The summed E-state index contributed by atoms with van der Waals surface area (Å²) in [5.41, 5.74) is 3.59. The van der Waals surface area contributed by atoms with Crippen molar-refractivity contribution in [2.24, 2.45) is 0 Å². The molecule has 0 aliphatic carbocycles. The highest BCUT2D eigenvalue weighted by molar-refractivity contribution is 5.97. The van der Waals surface area contributed by atoms with Crippen molar-refractivity contribution in [3.05, 3.63) is 70.8 Å². The van der Waals surface area contributed by atoms with Crippen molar-refractivity contribution in [1.29, 1.82) is 0 Å². The van der Waals surface area contributed by atoms with Gasteiger partial charge in [0.1, 0.15) is 6.54 Å². The number of rotatable bonds is 6. The molecule has 2 aromatic rings. The van der Waals surface area contributed by atoms with Crippen LogP contribution < -0.4 is 0 Å². The number of aryl methyl sites for hydroxylation is 2. The van der Waals surface area contributed by atoms with Crippen molar-refractivity contribution < 1.29 is 14.3 Å². The monoisotopic (exact) mass is 325 g/mol. The second kappa shape index (κ2) is 8.29. The number of hydrogen-bond donors (Lipinski definition) is 0. The molecule has 0 radical (unpaired) electrons. The molecule has 0 aromatic heterocycles. The number of nitrogens with zero attached hydrogens (tertiary/aromatic N) is 1. The van der Waals surface area contributed by atoms with E-state index in [1.165, 1.54) is 4.90 Å². The largest absolute Gasteiger partial charge is 0.465 e. The third kappa shape index (κ3) is 4.69. The van der Waals surface area contributed by atoms with Crippen LogP contribution in [0.4, 0.5) is 0 Å². The van der Waals surface area contributed by atoms with Gasteiger partial charge in [0.25, 0.3) is 5.91 Å². The normalized spacial score (nSPS) is 10.3. The van der Waals surface area contributed by atoms with E-state index in [4.69, 9.17) is 4.74 Å². The number of esters is 1. The zero-order chi connectivity index (χ0) is 17.5. The smallest absolute Gasteiger partial charge is 0.325 e. The van der Waals surface area contributed by atoms with Gasteiger partial charge in [-0.2, -0.15) is 0 Å². The average molecular weight is 325 g/mol. The first-order valence-electron chi connectivity index (χ1n) is 8.07. The molecule has 2 rings (SSSR count). The van der Waals surface area contributed by atoms with Crippen LogP contribution >= 0.6 is 0 Å². The minimum atomic E-state index is -0.397. The maximum Gasteiger partial charge on any atom is 0.325 e. The average Bonchev–Trinajstić information content (AvgIpc) is 2.55. The van der Waals surface area contributed by atoms with Gasteiger partial charge in [-0.05, 0) is 38.0 Å². The fourth-order valence-corrected chi connectivity index (χ4v) is 2.59. The summed E-state index contributed by atoms with van der Waals surface area (Å²) in [5.74, 6) is -0.559. The second-order valence-electron chi connectivity index (χ2n) is 5.77. The summed E-state index contributed by atoms with van der Waals surface area (Å²) in [6.07, 6.45) is 0. The van der Waals surface area contributed by atoms with Gasteiger partial charge >= 0.3 is 5.97 Å². The fourth-order valence-electron chi connectivity index (χ4n) is 2.59. The highest BCUT2D eigenvalue weighted by atomic mass is 16.5. The zero-order valence-corrected chi connectivity index (χ0v) is 14.4. The van der Waals surface area contributed by atoms with E-state index in [1.807, 2.05) is 62.4 Å². The Labute approximate surface area is 143 Å². The Hall–Kier alpha value is -2.62.